The number of nitrogens with zero attached hydrogens (tertiary/aromatic N) is 3. The molecule has 10 heteroatoms. The lowest BCUT2D eigenvalue weighted by Crippen LogP contribution is -2.17. The number of hydrogen-bond donors (Lipinski definition) is 1. The zero-order valence-electron chi connectivity index (χ0n) is 16.9. The molecule has 0 aliphatic heterocycles. The fourth-order valence-electron chi connectivity index (χ4n) is 3.01. The second-order valence-electron chi connectivity index (χ2n) is 6.91. The van der Waals surface area contributed by atoms with E-state index >= 15 is 0 Å². The molecule has 3 aromatic rings. The second kappa shape index (κ2) is 8.55. The molecule has 1 amide bonds. The summed E-state index contributed by atoms with van der Waals surface area (Å²) in [6, 6.07) is 5.04. The Kier molecular flexibility index (Phi) is 6.25. The number of carbonyl (C=O) groups excluding carboxylic acids is 1. The van der Waals surface area contributed by atoms with Gasteiger partial charge in [-0.05, 0) is 52.0 Å². The van der Waals surface area contributed by atoms with Crippen molar-refractivity contribution >= 4 is 23.4 Å². The molecule has 160 valence electrons. The van der Waals surface area contributed by atoms with E-state index in [1.54, 1.807) is 20.8 Å². The number of alkyl halides is 3. The number of nitrogens with one attached hydrogen (secondary N) is 1. The van der Waals surface area contributed by atoms with E-state index in [4.69, 9.17) is 4.52 Å². The first-order valence-corrected chi connectivity index (χ1v) is 10.3. The van der Waals surface area contributed by atoms with Crippen LogP contribution in [0.25, 0.3) is 5.69 Å². The van der Waals surface area contributed by atoms with Gasteiger partial charge in [0, 0.05) is 17.0 Å². The summed E-state index contributed by atoms with van der Waals surface area (Å²) in [6.45, 7) is 7.19. The van der Waals surface area contributed by atoms with E-state index in [-0.39, 0.29) is 11.4 Å². The van der Waals surface area contributed by atoms with Crippen molar-refractivity contribution in [2.45, 2.75) is 39.6 Å². The molecule has 2 aromatic heterocycles. The standard InChI is InChI=1S/C20H21F3N4O2S/c1-11-7-12(2)27(25-11)18-6-5-15(20(21,22)23)8-17(18)24-19(28)10-30-9-16-13(3)26-29-14(16)4/h5-8H,9-10H2,1-4H3,(H,24,28). The van der Waals surface area contributed by atoms with Crippen molar-refractivity contribution in [3.63, 3.8) is 0 Å². The lowest BCUT2D eigenvalue weighted by Gasteiger charge is -2.15. The number of amides is 1. The van der Waals surface area contributed by atoms with Crippen LogP contribution in [0, 0.1) is 27.7 Å². The van der Waals surface area contributed by atoms with Gasteiger partial charge in [0.1, 0.15) is 5.76 Å². The van der Waals surface area contributed by atoms with Crippen LogP contribution in [-0.2, 0) is 16.7 Å². The molecule has 3 rings (SSSR count). The molecule has 0 unspecified atom stereocenters. The van der Waals surface area contributed by atoms with Gasteiger partial charge in [-0.1, -0.05) is 5.16 Å². The largest absolute Gasteiger partial charge is 0.416 e. The molecule has 0 radical (unpaired) electrons. The summed E-state index contributed by atoms with van der Waals surface area (Å²) in [5.74, 6) is 0.859. The summed E-state index contributed by atoms with van der Waals surface area (Å²) in [4.78, 5) is 12.5. The normalized spacial score (nSPS) is 11.7. The van der Waals surface area contributed by atoms with Crippen LogP contribution in [0.15, 0.2) is 28.8 Å². The van der Waals surface area contributed by atoms with Crippen molar-refractivity contribution in [3.8, 4) is 5.69 Å². The number of anilines is 1. The highest BCUT2D eigenvalue weighted by Crippen LogP contribution is 2.34. The number of hydrogen-bond acceptors (Lipinski definition) is 5. The van der Waals surface area contributed by atoms with Crippen LogP contribution in [0.4, 0.5) is 18.9 Å². The Morgan fingerprint density at radius 3 is 2.50 bits per heavy atom. The molecule has 0 saturated heterocycles. The van der Waals surface area contributed by atoms with Crippen molar-refractivity contribution in [1.82, 2.24) is 14.9 Å². The third-order valence-electron chi connectivity index (χ3n) is 4.50. The number of benzene rings is 1. The minimum Gasteiger partial charge on any atom is -0.361 e. The van der Waals surface area contributed by atoms with Crippen molar-refractivity contribution in [3.05, 3.63) is 58.2 Å². The molecular weight excluding hydrogens is 417 g/mol. The zero-order valence-corrected chi connectivity index (χ0v) is 17.7. The summed E-state index contributed by atoms with van der Waals surface area (Å²) in [6.07, 6.45) is -4.52. The van der Waals surface area contributed by atoms with E-state index in [0.717, 1.165) is 34.8 Å². The quantitative estimate of drug-likeness (QED) is 0.587. The SMILES string of the molecule is Cc1cc(C)n(-c2ccc(C(F)(F)F)cc2NC(=O)CSCc2c(C)noc2C)n1. The van der Waals surface area contributed by atoms with Gasteiger partial charge in [0.05, 0.1) is 34.1 Å². The van der Waals surface area contributed by atoms with Gasteiger partial charge < -0.3 is 9.84 Å². The van der Waals surface area contributed by atoms with Gasteiger partial charge in [-0.15, -0.1) is 11.8 Å². The minimum atomic E-state index is -4.52. The molecule has 1 aromatic carbocycles. The van der Waals surface area contributed by atoms with Gasteiger partial charge in [0.2, 0.25) is 5.91 Å². The van der Waals surface area contributed by atoms with E-state index in [1.165, 1.54) is 22.5 Å². The fourth-order valence-corrected chi connectivity index (χ4v) is 3.99. The van der Waals surface area contributed by atoms with Crippen LogP contribution in [0.1, 0.15) is 34.0 Å². The van der Waals surface area contributed by atoms with Gasteiger partial charge >= 0.3 is 6.18 Å². The molecule has 2 heterocycles. The predicted octanol–water partition coefficient (Wildman–Crippen LogP) is 4.98. The highest BCUT2D eigenvalue weighted by Gasteiger charge is 2.31. The van der Waals surface area contributed by atoms with Crippen LogP contribution in [0.3, 0.4) is 0 Å². The van der Waals surface area contributed by atoms with Gasteiger partial charge in [0.15, 0.2) is 0 Å². The lowest BCUT2D eigenvalue weighted by atomic mass is 10.1. The monoisotopic (exact) mass is 438 g/mol. The third kappa shape index (κ3) is 4.86. The molecule has 0 bridgehead atoms. The summed E-state index contributed by atoms with van der Waals surface area (Å²) in [5, 5.41) is 10.8. The number of aryl methyl sites for hydroxylation is 4. The van der Waals surface area contributed by atoms with Gasteiger partial charge in [-0.2, -0.15) is 18.3 Å². The predicted molar refractivity (Wildman–Crippen MR) is 109 cm³/mol. The van der Waals surface area contributed by atoms with E-state index in [9.17, 15) is 18.0 Å². The summed E-state index contributed by atoms with van der Waals surface area (Å²) < 4.78 is 46.2. The number of thioether (sulfide) groups is 1. The Hall–Kier alpha value is -2.75. The van der Waals surface area contributed by atoms with Crippen molar-refractivity contribution in [2.75, 3.05) is 11.1 Å². The van der Waals surface area contributed by atoms with Gasteiger partial charge in [-0.25, -0.2) is 4.68 Å². The number of carbonyl (C=O) groups is 1. The van der Waals surface area contributed by atoms with Crippen LogP contribution < -0.4 is 5.32 Å². The van der Waals surface area contributed by atoms with E-state index < -0.39 is 17.6 Å². The average molecular weight is 438 g/mol. The van der Waals surface area contributed by atoms with Crippen molar-refractivity contribution < 1.29 is 22.5 Å². The third-order valence-corrected chi connectivity index (χ3v) is 5.46. The molecule has 1 N–H and O–H groups in total. The first-order valence-electron chi connectivity index (χ1n) is 9.10. The van der Waals surface area contributed by atoms with Gasteiger partial charge in [-0.3, -0.25) is 4.79 Å². The fraction of sp³-hybridized carbons (Fsp3) is 0.350. The molecule has 0 atom stereocenters. The van der Waals surface area contributed by atoms with Crippen molar-refractivity contribution in [1.29, 1.82) is 0 Å². The molecule has 30 heavy (non-hydrogen) atoms. The van der Waals surface area contributed by atoms with Gasteiger partial charge in [0.25, 0.3) is 0 Å². The molecule has 0 aliphatic carbocycles. The molecule has 6 nitrogen and oxygen atoms in total. The first-order chi connectivity index (χ1) is 14.1. The molecule has 0 saturated carbocycles. The van der Waals surface area contributed by atoms with Crippen LogP contribution in [0.2, 0.25) is 0 Å². The highest BCUT2D eigenvalue weighted by molar-refractivity contribution is 7.99. The highest BCUT2D eigenvalue weighted by atomic mass is 32.2. The summed E-state index contributed by atoms with van der Waals surface area (Å²) >= 11 is 1.33. The molecule has 0 fully saturated rings. The second-order valence-corrected chi connectivity index (χ2v) is 7.90. The number of aromatic nitrogens is 3. The Balaban J connectivity index is 1.80. The van der Waals surface area contributed by atoms with Crippen LogP contribution in [-0.4, -0.2) is 26.6 Å². The summed E-state index contributed by atoms with van der Waals surface area (Å²) in [5.41, 5.74) is 2.72. The van der Waals surface area contributed by atoms with Crippen LogP contribution in [0.5, 0.6) is 0 Å². The molecule has 0 spiro atoms. The zero-order chi connectivity index (χ0) is 22.1. The Bertz CT molecular complexity index is 1050. The summed E-state index contributed by atoms with van der Waals surface area (Å²) in [7, 11) is 0. The number of halogens is 3. The maximum absolute atomic E-state index is 13.2. The maximum Gasteiger partial charge on any atom is 0.416 e. The Morgan fingerprint density at radius 1 is 1.20 bits per heavy atom. The van der Waals surface area contributed by atoms with Crippen LogP contribution >= 0.6 is 11.8 Å². The van der Waals surface area contributed by atoms with E-state index in [2.05, 4.69) is 15.6 Å². The Morgan fingerprint density at radius 2 is 1.93 bits per heavy atom. The molecular formula is C20H21F3N4O2S. The average Bonchev–Trinajstić information content (AvgIpc) is 3.15. The smallest absolute Gasteiger partial charge is 0.361 e. The Labute approximate surface area is 175 Å². The van der Waals surface area contributed by atoms with E-state index in [1.807, 2.05) is 13.0 Å². The first kappa shape index (κ1) is 21.9. The minimum absolute atomic E-state index is 0.0546. The topological polar surface area (TPSA) is 73.0 Å². The number of rotatable bonds is 6. The lowest BCUT2D eigenvalue weighted by molar-refractivity contribution is -0.137. The van der Waals surface area contributed by atoms with E-state index in [0.29, 0.717) is 17.2 Å². The van der Waals surface area contributed by atoms with Crippen molar-refractivity contribution in [2.24, 2.45) is 0 Å². The molecule has 0 aliphatic rings. The maximum atomic E-state index is 13.2.